The molecule has 3 aromatic carbocycles. The number of nitrogens with zero attached hydrogens (tertiary/aromatic N) is 1. The molecule has 168 valence electrons. The standard InChI is InChI=1S/C27H25NO5/c1-16-7-5-10-22(17(16)2)28-24(19-8-6-9-21(15-19)33-4)23(26(30)27(28)31)25(29)18-11-13-20(32-3)14-12-18/h5-15,24,29H,1-4H3/b25-23+. The van der Waals surface area contributed by atoms with E-state index in [-0.39, 0.29) is 11.3 Å². The van der Waals surface area contributed by atoms with Gasteiger partial charge in [0.25, 0.3) is 11.7 Å². The molecule has 0 aliphatic carbocycles. The van der Waals surface area contributed by atoms with Crippen LogP contribution in [0.3, 0.4) is 0 Å². The molecule has 1 saturated heterocycles. The molecule has 0 spiro atoms. The van der Waals surface area contributed by atoms with Crippen molar-refractivity contribution in [2.45, 2.75) is 19.9 Å². The van der Waals surface area contributed by atoms with E-state index in [4.69, 9.17) is 9.47 Å². The number of benzene rings is 3. The van der Waals surface area contributed by atoms with Crippen molar-refractivity contribution in [3.05, 3.63) is 94.6 Å². The third kappa shape index (κ3) is 3.84. The number of ketones is 1. The van der Waals surface area contributed by atoms with Gasteiger partial charge in [0.2, 0.25) is 0 Å². The Morgan fingerprint density at radius 3 is 2.21 bits per heavy atom. The first kappa shape index (κ1) is 22.1. The third-order valence-electron chi connectivity index (χ3n) is 6.05. The van der Waals surface area contributed by atoms with Crippen LogP contribution in [0.4, 0.5) is 5.69 Å². The van der Waals surface area contributed by atoms with Gasteiger partial charge < -0.3 is 14.6 Å². The van der Waals surface area contributed by atoms with Crippen LogP contribution < -0.4 is 14.4 Å². The van der Waals surface area contributed by atoms with Crippen molar-refractivity contribution in [2.24, 2.45) is 0 Å². The van der Waals surface area contributed by atoms with Crippen LogP contribution in [-0.2, 0) is 9.59 Å². The summed E-state index contributed by atoms with van der Waals surface area (Å²) in [6.07, 6.45) is 0. The summed E-state index contributed by atoms with van der Waals surface area (Å²) < 4.78 is 10.6. The topological polar surface area (TPSA) is 76.1 Å². The van der Waals surface area contributed by atoms with E-state index in [0.717, 1.165) is 11.1 Å². The minimum atomic E-state index is -0.817. The first-order valence-electron chi connectivity index (χ1n) is 10.5. The second-order valence-corrected chi connectivity index (χ2v) is 7.89. The van der Waals surface area contributed by atoms with Gasteiger partial charge >= 0.3 is 0 Å². The van der Waals surface area contributed by atoms with E-state index in [0.29, 0.717) is 28.3 Å². The Balaban J connectivity index is 1.97. The zero-order valence-electron chi connectivity index (χ0n) is 19.0. The second-order valence-electron chi connectivity index (χ2n) is 7.89. The molecule has 0 bridgehead atoms. The number of aliphatic hydroxyl groups excluding tert-OH is 1. The van der Waals surface area contributed by atoms with Gasteiger partial charge in [0.05, 0.1) is 25.8 Å². The van der Waals surface area contributed by atoms with Gasteiger partial charge in [0.1, 0.15) is 17.3 Å². The number of aryl methyl sites for hydroxylation is 1. The number of aliphatic hydroxyl groups is 1. The Kier molecular flexibility index (Phi) is 5.92. The lowest BCUT2D eigenvalue weighted by atomic mass is 9.94. The van der Waals surface area contributed by atoms with E-state index in [1.807, 2.05) is 38.1 Å². The van der Waals surface area contributed by atoms with Crippen molar-refractivity contribution >= 4 is 23.1 Å². The fraction of sp³-hybridized carbons (Fsp3) is 0.185. The average Bonchev–Trinajstić information content (AvgIpc) is 3.10. The Hall–Kier alpha value is -4.06. The maximum atomic E-state index is 13.3. The maximum Gasteiger partial charge on any atom is 0.300 e. The number of anilines is 1. The number of carbonyl (C=O) groups is 2. The van der Waals surface area contributed by atoms with E-state index < -0.39 is 17.7 Å². The molecule has 0 radical (unpaired) electrons. The molecule has 6 heteroatoms. The Bertz CT molecular complexity index is 1260. The molecular weight excluding hydrogens is 418 g/mol. The first-order chi connectivity index (χ1) is 15.9. The highest BCUT2D eigenvalue weighted by Gasteiger charge is 2.47. The lowest BCUT2D eigenvalue weighted by molar-refractivity contribution is -0.132. The van der Waals surface area contributed by atoms with Gasteiger partial charge in [-0.05, 0) is 73.0 Å². The average molecular weight is 443 g/mol. The zero-order valence-corrected chi connectivity index (χ0v) is 19.0. The molecule has 0 saturated carbocycles. The number of hydrogen-bond acceptors (Lipinski definition) is 5. The normalized spacial score (nSPS) is 17.3. The number of amides is 1. The van der Waals surface area contributed by atoms with Crippen LogP contribution in [0.1, 0.15) is 28.3 Å². The molecule has 1 aliphatic heterocycles. The monoisotopic (exact) mass is 443 g/mol. The molecule has 1 N–H and O–H groups in total. The van der Waals surface area contributed by atoms with Gasteiger partial charge in [0, 0.05) is 11.3 Å². The van der Waals surface area contributed by atoms with Crippen molar-refractivity contribution in [1.29, 1.82) is 0 Å². The van der Waals surface area contributed by atoms with Crippen molar-refractivity contribution in [3.8, 4) is 11.5 Å². The molecule has 6 nitrogen and oxygen atoms in total. The molecule has 0 aromatic heterocycles. The SMILES string of the molecule is COc1ccc(/C(O)=C2\C(=O)C(=O)N(c3cccc(C)c3C)C2c2cccc(OC)c2)cc1. The quantitative estimate of drug-likeness (QED) is 0.343. The molecular formula is C27H25NO5. The summed E-state index contributed by atoms with van der Waals surface area (Å²) in [7, 11) is 3.10. The summed E-state index contributed by atoms with van der Waals surface area (Å²) >= 11 is 0. The highest BCUT2D eigenvalue weighted by Crippen LogP contribution is 2.44. The molecule has 1 aliphatic rings. The first-order valence-corrected chi connectivity index (χ1v) is 10.5. The maximum absolute atomic E-state index is 13.3. The summed E-state index contributed by atoms with van der Waals surface area (Å²) in [5, 5.41) is 11.2. The Labute approximate surface area is 192 Å². The highest BCUT2D eigenvalue weighted by atomic mass is 16.5. The minimum Gasteiger partial charge on any atom is -0.507 e. The molecule has 3 aromatic rings. The van der Waals surface area contributed by atoms with Crippen LogP contribution in [0.5, 0.6) is 11.5 Å². The summed E-state index contributed by atoms with van der Waals surface area (Å²) in [5.41, 5.74) is 3.61. The predicted molar refractivity (Wildman–Crippen MR) is 127 cm³/mol. The number of Topliss-reactive ketones (excluding diaryl/α,β-unsaturated/α-hetero) is 1. The number of hydrogen-bond donors (Lipinski definition) is 1. The molecule has 1 heterocycles. The van der Waals surface area contributed by atoms with Crippen LogP contribution in [0.2, 0.25) is 0 Å². The largest absolute Gasteiger partial charge is 0.507 e. The van der Waals surface area contributed by atoms with E-state index in [1.165, 1.54) is 4.90 Å². The van der Waals surface area contributed by atoms with Gasteiger partial charge in [-0.15, -0.1) is 0 Å². The second kappa shape index (κ2) is 8.82. The van der Waals surface area contributed by atoms with Crippen molar-refractivity contribution in [2.75, 3.05) is 19.1 Å². The lowest BCUT2D eigenvalue weighted by Gasteiger charge is -2.27. The summed E-state index contributed by atoms with van der Waals surface area (Å²) in [4.78, 5) is 28.1. The summed E-state index contributed by atoms with van der Waals surface area (Å²) in [6, 6.07) is 18.7. The lowest BCUT2D eigenvalue weighted by Crippen LogP contribution is -2.30. The van der Waals surface area contributed by atoms with Crippen LogP contribution in [0.15, 0.2) is 72.3 Å². The van der Waals surface area contributed by atoms with Gasteiger partial charge in [0.15, 0.2) is 0 Å². The van der Waals surface area contributed by atoms with Crippen LogP contribution in [-0.4, -0.2) is 31.0 Å². The number of ether oxygens (including phenoxy) is 2. The number of methoxy groups -OCH3 is 2. The Morgan fingerprint density at radius 1 is 0.879 bits per heavy atom. The van der Waals surface area contributed by atoms with E-state index in [2.05, 4.69) is 0 Å². The van der Waals surface area contributed by atoms with E-state index >= 15 is 0 Å². The molecule has 1 fully saturated rings. The van der Waals surface area contributed by atoms with Crippen molar-refractivity contribution in [1.82, 2.24) is 0 Å². The van der Waals surface area contributed by atoms with E-state index in [1.54, 1.807) is 56.7 Å². The van der Waals surface area contributed by atoms with Crippen molar-refractivity contribution < 1.29 is 24.2 Å². The molecule has 1 amide bonds. The fourth-order valence-corrected chi connectivity index (χ4v) is 4.11. The summed E-state index contributed by atoms with van der Waals surface area (Å²) in [5.74, 6) is -0.463. The fourth-order valence-electron chi connectivity index (χ4n) is 4.11. The van der Waals surface area contributed by atoms with Gasteiger partial charge in [-0.25, -0.2) is 0 Å². The van der Waals surface area contributed by atoms with E-state index in [9.17, 15) is 14.7 Å². The molecule has 33 heavy (non-hydrogen) atoms. The summed E-state index contributed by atoms with van der Waals surface area (Å²) in [6.45, 7) is 3.86. The van der Waals surface area contributed by atoms with Gasteiger partial charge in [-0.1, -0.05) is 24.3 Å². The Morgan fingerprint density at radius 2 is 1.55 bits per heavy atom. The molecule has 4 rings (SSSR count). The van der Waals surface area contributed by atoms with Gasteiger partial charge in [-0.3, -0.25) is 14.5 Å². The molecule has 1 atom stereocenters. The zero-order chi connectivity index (χ0) is 23.7. The highest BCUT2D eigenvalue weighted by molar-refractivity contribution is 6.51. The van der Waals surface area contributed by atoms with Crippen LogP contribution in [0, 0.1) is 13.8 Å². The smallest absolute Gasteiger partial charge is 0.300 e. The number of carbonyl (C=O) groups excluding carboxylic acids is 2. The van der Waals surface area contributed by atoms with Crippen LogP contribution >= 0.6 is 0 Å². The number of rotatable bonds is 5. The molecule has 1 unspecified atom stereocenters. The van der Waals surface area contributed by atoms with Gasteiger partial charge in [-0.2, -0.15) is 0 Å². The van der Waals surface area contributed by atoms with Crippen molar-refractivity contribution in [3.63, 3.8) is 0 Å². The predicted octanol–water partition coefficient (Wildman–Crippen LogP) is 4.95. The third-order valence-corrected chi connectivity index (χ3v) is 6.05. The minimum absolute atomic E-state index is 0.0272. The van der Waals surface area contributed by atoms with Crippen LogP contribution in [0.25, 0.3) is 5.76 Å².